The van der Waals surface area contributed by atoms with E-state index in [1.807, 2.05) is 13.0 Å². The summed E-state index contributed by atoms with van der Waals surface area (Å²) in [5, 5.41) is 5.48. The standard InChI is InChI=1S/C25H38N4O7S/c1-3-19(7-12-29-23(31)18-21(37)24(29)32)26-10-15-35-17-16-34-14-8-22(30)27-9-5-13-36-25(33)20-6-4-11-28(20)2/h3-4,6,11,21,26,37H,5,7-10,12-18H2,1-2H3,(H,27,30)/b19-3+. The van der Waals surface area contributed by atoms with Crippen LogP contribution in [0, 0.1) is 0 Å². The number of amides is 3. The average molecular weight is 539 g/mol. The van der Waals surface area contributed by atoms with Crippen molar-refractivity contribution in [2.24, 2.45) is 7.05 Å². The van der Waals surface area contributed by atoms with E-state index in [0.29, 0.717) is 64.6 Å². The van der Waals surface area contributed by atoms with Gasteiger partial charge in [0.1, 0.15) is 5.69 Å². The third-order valence-electron chi connectivity index (χ3n) is 5.65. The fourth-order valence-electron chi connectivity index (χ4n) is 3.54. The van der Waals surface area contributed by atoms with E-state index in [0.717, 1.165) is 5.70 Å². The first-order valence-electron chi connectivity index (χ1n) is 12.5. The number of likely N-dealkylation sites (tertiary alicyclic amines) is 1. The molecule has 1 aliphatic rings. The lowest BCUT2D eigenvalue weighted by Gasteiger charge is -2.16. The molecule has 1 aromatic rings. The maximum atomic E-state index is 11.9. The fourth-order valence-corrected chi connectivity index (χ4v) is 3.83. The Morgan fingerprint density at radius 3 is 2.49 bits per heavy atom. The van der Waals surface area contributed by atoms with Gasteiger partial charge in [-0.2, -0.15) is 12.6 Å². The molecule has 1 fully saturated rings. The van der Waals surface area contributed by atoms with Gasteiger partial charge in [-0.3, -0.25) is 19.3 Å². The zero-order chi connectivity index (χ0) is 27.0. The molecular weight excluding hydrogens is 500 g/mol. The lowest BCUT2D eigenvalue weighted by Crippen LogP contribution is -2.33. The first-order valence-corrected chi connectivity index (χ1v) is 13.0. The van der Waals surface area contributed by atoms with Crippen molar-refractivity contribution in [3.05, 3.63) is 35.8 Å². The van der Waals surface area contributed by atoms with Gasteiger partial charge < -0.3 is 29.4 Å². The molecule has 1 saturated heterocycles. The van der Waals surface area contributed by atoms with E-state index in [1.54, 1.807) is 29.9 Å². The van der Waals surface area contributed by atoms with E-state index in [9.17, 15) is 19.2 Å². The van der Waals surface area contributed by atoms with Crippen LogP contribution in [0.25, 0.3) is 0 Å². The predicted molar refractivity (Wildman–Crippen MR) is 140 cm³/mol. The molecule has 2 heterocycles. The number of nitrogens with zero attached hydrogens (tertiary/aromatic N) is 2. The normalized spacial score (nSPS) is 15.8. The number of carbonyl (C=O) groups excluding carboxylic acids is 4. The quantitative estimate of drug-likeness (QED) is 0.110. The molecule has 1 atom stereocenters. The van der Waals surface area contributed by atoms with Crippen LogP contribution < -0.4 is 10.6 Å². The Balaban J connectivity index is 1.39. The lowest BCUT2D eigenvalue weighted by molar-refractivity contribution is -0.138. The third-order valence-corrected chi connectivity index (χ3v) is 6.05. The first-order chi connectivity index (χ1) is 17.8. The second-order valence-electron chi connectivity index (χ2n) is 8.41. The van der Waals surface area contributed by atoms with Crippen LogP contribution in [-0.4, -0.2) is 91.1 Å². The molecule has 2 N–H and O–H groups in total. The van der Waals surface area contributed by atoms with Crippen molar-refractivity contribution in [2.75, 3.05) is 52.7 Å². The maximum absolute atomic E-state index is 11.9. The Morgan fingerprint density at radius 1 is 1.08 bits per heavy atom. The number of esters is 1. The summed E-state index contributed by atoms with van der Waals surface area (Å²) >= 11 is 4.13. The van der Waals surface area contributed by atoms with Gasteiger partial charge in [-0.1, -0.05) is 6.08 Å². The summed E-state index contributed by atoms with van der Waals surface area (Å²) < 4.78 is 17.8. The summed E-state index contributed by atoms with van der Waals surface area (Å²) in [5.74, 6) is -0.915. The maximum Gasteiger partial charge on any atom is 0.354 e. The minimum absolute atomic E-state index is 0.125. The van der Waals surface area contributed by atoms with Gasteiger partial charge in [0.05, 0.1) is 38.3 Å². The second-order valence-corrected chi connectivity index (χ2v) is 9.04. The number of aromatic nitrogens is 1. The van der Waals surface area contributed by atoms with Crippen molar-refractivity contribution in [2.45, 2.75) is 37.9 Å². The number of hydrogen-bond donors (Lipinski definition) is 3. The van der Waals surface area contributed by atoms with Gasteiger partial charge in [0.25, 0.3) is 0 Å². The van der Waals surface area contributed by atoms with E-state index in [-0.39, 0.29) is 43.1 Å². The number of allylic oxidation sites excluding steroid dienone is 1. The van der Waals surface area contributed by atoms with Crippen LogP contribution in [0.2, 0.25) is 0 Å². The molecule has 206 valence electrons. The van der Waals surface area contributed by atoms with Crippen LogP contribution in [-0.2, 0) is 35.6 Å². The SMILES string of the molecule is C/C=C(\CCN1C(=O)CC(S)C1=O)NCCOCCOCCC(=O)NCCCOC(=O)c1cccn1C. The molecule has 1 aliphatic heterocycles. The zero-order valence-corrected chi connectivity index (χ0v) is 22.5. The van der Waals surface area contributed by atoms with Gasteiger partial charge in [0, 0.05) is 57.8 Å². The molecule has 2 rings (SSSR count). The van der Waals surface area contributed by atoms with Crippen LogP contribution in [0.1, 0.15) is 43.1 Å². The molecule has 1 aromatic heterocycles. The fraction of sp³-hybridized carbons (Fsp3) is 0.600. The highest BCUT2D eigenvalue weighted by Gasteiger charge is 2.35. The second kappa shape index (κ2) is 16.8. The molecule has 37 heavy (non-hydrogen) atoms. The summed E-state index contributed by atoms with van der Waals surface area (Å²) in [4.78, 5) is 48.7. The predicted octanol–water partition coefficient (Wildman–Crippen LogP) is 1.05. The Bertz CT molecular complexity index is 934. The van der Waals surface area contributed by atoms with Gasteiger partial charge in [0.15, 0.2) is 0 Å². The number of carbonyl (C=O) groups is 4. The molecule has 1 unspecified atom stereocenters. The number of nitrogens with one attached hydrogen (secondary N) is 2. The molecule has 0 spiro atoms. The van der Waals surface area contributed by atoms with Gasteiger partial charge in [0.2, 0.25) is 17.7 Å². The summed E-state index contributed by atoms with van der Waals surface area (Å²) in [7, 11) is 1.77. The largest absolute Gasteiger partial charge is 0.461 e. The minimum Gasteiger partial charge on any atom is -0.461 e. The van der Waals surface area contributed by atoms with Gasteiger partial charge in [-0.05, 0) is 25.5 Å². The van der Waals surface area contributed by atoms with Crippen LogP contribution >= 0.6 is 12.6 Å². The van der Waals surface area contributed by atoms with Gasteiger partial charge >= 0.3 is 5.97 Å². The van der Waals surface area contributed by atoms with Gasteiger partial charge in [-0.15, -0.1) is 0 Å². The molecule has 0 aromatic carbocycles. The van der Waals surface area contributed by atoms with Gasteiger partial charge in [-0.25, -0.2) is 4.79 Å². The third kappa shape index (κ3) is 11.0. The van der Waals surface area contributed by atoms with Crippen molar-refractivity contribution in [1.82, 2.24) is 20.1 Å². The van der Waals surface area contributed by atoms with E-state index >= 15 is 0 Å². The van der Waals surface area contributed by atoms with Crippen LogP contribution in [0.4, 0.5) is 0 Å². The van der Waals surface area contributed by atoms with Crippen molar-refractivity contribution in [3.63, 3.8) is 0 Å². The van der Waals surface area contributed by atoms with Crippen LogP contribution in [0.5, 0.6) is 0 Å². The molecule has 11 nitrogen and oxygen atoms in total. The number of rotatable bonds is 18. The highest BCUT2D eigenvalue weighted by Crippen LogP contribution is 2.18. The zero-order valence-electron chi connectivity index (χ0n) is 21.6. The number of aryl methyl sites for hydroxylation is 1. The summed E-state index contributed by atoms with van der Waals surface area (Å²) in [6.45, 7) is 5.01. The molecule has 0 saturated carbocycles. The highest BCUT2D eigenvalue weighted by atomic mass is 32.1. The molecule has 0 radical (unpaired) electrons. The Morgan fingerprint density at radius 2 is 1.84 bits per heavy atom. The van der Waals surface area contributed by atoms with Crippen molar-refractivity contribution < 1.29 is 33.4 Å². The Kier molecular flexibility index (Phi) is 13.8. The molecular formula is C25H38N4O7S. The van der Waals surface area contributed by atoms with Crippen LogP contribution in [0.15, 0.2) is 30.1 Å². The smallest absolute Gasteiger partial charge is 0.354 e. The topological polar surface area (TPSA) is 128 Å². The van der Waals surface area contributed by atoms with E-state index in [2.05, 4.69) is 23.3 Å². The lowest BCUT2D eigenvalue weighted by atomic mass is 10.2. The summed E-state index contributed by atoms with van der Waals surface area (Å²) in [6, 6.07) is 3.46. The number of ether oxygens (including phenoxy) is 3. The number of imide groups is 1. The van der Waals surface area contributed by atoms with E-state index in [1.165, 1.54) is 4.90 Å². The Labute approximate surface area is 223 Å². The monoisotopic (exact) mass is 538 g/mol. The van der Waals surface area contributed by atoms with Crippen LogP contribution in [0.3, 0.4) is 0 Å². The number of hydrogen-bond acceptors (Lipinski definition) is 9. The van der Waals surface area contributed by atoms with E-state index < -0.39 is 5.25 Å². The summed E-state index contributed by atoms with van der Waals surface area (Å²) in [6.07, 6.45) is 5.17. The average Bonchev–Trinajstić information content (AvgIpc) is 3.41. The van der Waals surface area contributed by atoms with E-state index in [4.69, 9.17) is 14.2 Å². The summed E-state index contributed by atoms with van der Waals surface area (Å²) in [5.41, 5.74) is 1.42. The molecule has 0 bridgehead atoms. The number of thiol groups is 1. The Hall–Kier alpha value is -2.83. The van der Waals surface area contributed by atoms with Crippen molar-refractivity contribution in [3.8, 4) is 0 Å². The first kappa shape index (κ1) is 30.4. The molecule has 12 heteroatoms. The molecule has 0 aliphatic carbocycles. The molecule has 3 amide bonds. The van der Waals surface area contributed by atoms with Crippen molar-refractivity contribution >= 4 is 36.3 Å². The highest BCUT2D eigenvalue weighted by molar-refractivity contribution is 7.81. The minimum atomic E-state index is -0.525. The van der Waals surface area contributed by atoms with Crippen molar-refractivity contribution in [1.29, 1.82) is 0 Å².